The van der Waals surface area contributed by atoms with Gasteiger partial charge in [0.1, 0.15) is 0 Å². The lowest BCUT2D eigenvalue weighted by Gasteiger charge is -2.06. The molecule has 0 fully saturated rings. The standard InChI is InChI=1S/C10H16N4O2S/c1-2-3-6-4-8(15)14-10(13-6)17-5-7(11)9(12)16/h4,7H,2-3,5,11H2,1H3,(H2,12,16)(H,13,14,15). The molecule has 1 atom stereocenters. The Bertz CT molecular complexity index is 446. The number of nitrogens with one attached hydrogen (secondary N) is 1. The number of primary amides is 1. The van der Waals surface area contributed by atoms with Crippen molar-refractivity contribution in [3.63, 3.8) is 0 Å². The van der Waals surface area contributed by atoms with Crippen LogP contribution in [0.1, 0.15) is 19.0 Å². The maximum Gasteiger partial charge on any atom is 0.251 e. The van der Waals surface area contributed by atoms with Gasteiger partial charge in [-0.25, -0.2) is 4.98 Å². The highest BCUT2D eigenvalue weighted by atomic mass is 32.2. The topological polar surface area (TPSA) is 115 Å². The van der Waals surface area contributed by atoms with Gasteiger partial charge < -0.3 is 16.5 Å². The van der Waals surface area contributed by atoms with Gasteiger partial charge in [0.2, 0.25) is 5.91 Å². The lowest BCUT2D eigenvalue weighted by molar-refractivity contribution is -0.118. The Labute approximate surface area is 103 Å². The zero-order chi connectivity index (χ0) is 12.8. The van der Waals surface area contributed by atoms with Gasteiger partial charge in [-0.1, -0.05) is 25.1 Å². The largest absolute Gasteiger partial charge is 0.368 e. The molecule has 94 valence electrons. The minimum Gasteiger partial charge on any atom is -0.368 e. The van der Waals surface area contributed by atoms with E-state index in [1.165, 1.54) is 17.8 Å². The van der Waals surface area contributed by atoms with E-state index < -0.39 is 11.9 Å². The Hall–Kier alpha value is -1.34. The van der Waals surface area contributed by atoms with Gasteiger partial charge in [0, 0.05) is 17.5 Å². The van der Waals surface area contributed by atoms with Crippen LogP contribution in [0.5, 0.6) is 0 Å². The van der Waals surface area contributed by atoms with E-state index in [1.807, 2.05) is 6.92 Å². The van der Waals surface area contributed by atoms with Crippen molar-refractivity contribution in [2.75, 3.05) is 5.75 Å². The lowest BCUT2D eigenvalue weighted by atomic mass is 10.2. The SMILES string of the molecule is CCCc1cc(=O)[nH]c(SCC(N)C(N)=O)n1. The van der Waals surface area contributed by atoms with Gasteiger partial charge in [0.15, 0.2) is 5.16 Å². The average Bonchev–Trinajstić information content (AvgIpc) is 2.25. The minimum atomic E-state index is -0.736. The molecule has 1 aromatic rings. The van der Waals surface area contributed by atoms with Gasteiger partial charge in [-0.15, -0.1) is 0 Å². The highest BCUT2D eigenvalue weighted by Crippen LogP contribution is 2.12. The molecule has 0 spiro atoms. The molecule has 0 aromatic carbocycles. The van der Waals surface area contributed by atoms with E-state index in [9.17, 15) is 9.59 Å². The maximum atomic E-state index is 11.3. The van der Waals surface area contributed by atoms with E-state index >= 15 is 0 Å². The average molecular weight is 256 g/mol. The Kier molecular flexibility index (Phi) is 5.17. The van der Waals surface area contributed by atoms with Gasteiger partial charge >= 0.3 is 0 Å². The number of nitrogens with zero attached hydrogens (tertiary/aromatic N) is 1. The second-order valence-electron chi connectivity index (χ2n) is 3.61. The van der Waals surface area contributed by atoms with Crippen molar-refractivity contribution in [2.45, 2.75) is 31.0 Å². The van der Waals surface area contributed by atoms with E-state index in [2.05, 4.69) is 9.97 Å². The van der Waals surface area contributed by atoms with Crippen LogP contribution in [0.2, 0.25) is 0 Å². The molecule has 5 N–H and O–H groups in total. The predicted octanol–water partition coefficient (Wildman–Crippen LogP) is -0.373. The third-order valence-electron chi connectivity index (χ3n) is 2.04. The fourth-order valence-corrected chi connectivity index (χ4v) is 2.04. The van der Waals surface area contributed by atoms with E-state index in [0.29, 0.717) is 10.9 Å². The van der Waals surface area contributed by atoms with Crippen LogP contribution in [-0.2, 0) is 11.2 Å². The molecular weight excluding hydrogens is 240 g/mol. The quantitative estimate of drug-likeness (QED) is 0.474. The van der Waals surface area contributed by atoms with Gasteiger partial charge in [0.05, 0.1) is 6.04 Å². The van der Waals surface area contributed by atoms with Crippen molar-refractivity contribution in [1.82, 2.24) is 9.97 Å². The van der Waals surface area contributed by atoms with Gasteiger partial charge in [-0.2, -0.15) is 0 Å². The summed E-state index contributed by atoms with van der Waals surface area (Å²) in [4.78, 5) is 28.9. The molecule has 1 amide bonds. The number of rotatable bonds is 6. The first-order valence-corrected chi connectivity index (χ1v) is 6.29. The number of aromatic amines is 1. The third kappa shape index (κ3) is 4.58. The molecule has 0 saturated heterocycles. The molecule has 1 heterocycles. The summed E-state index contributed by atoms with van der Waals surface area (Å²) in [5, 5.41) is 0.470. The summed E-state index contributed by atoms with van der Waals surface area (Å²) in [5.74, 6) is -0.266. The van der Waals surface area contributed by atoms with E-state index in [0.717, 1.165) is 18.5 Å². The molecule has 0 bridgehead atoms. The number of carbonyl (C=O) groups excluding carboxylic acids is 1. The summed E-state index contributed by atoms with van der Waals surface area (Å²) < 4.78 is 0. The molecule has 0 saturated carbocycles. The van der Waals surface area contributed by atoms with Crippen LogP contribution in [0.25, 0.3) is 0 Å². The number of amides is 1. The van der Waals surface area contributed by atoms with Crippen LogP contribution in [-0.4, -0.2) is 27.7 Å². The zero-order valence-electron chi connectivity index (χ0n) is 9.60. The number of aromatic nitrogens is 2. The Morgan fingerprint density at radius 3 is 2.94 bits per heavy atom. The summed E-state index contributed by atoms with van der Waals surface area (Å²) >= 11 is 1.22. The molecule has 6 nitrogen and oxygen atoms in total. The maximum absolute atomic E-state index is 11.3. The number of H-pyrrole nitrogens is 1. The smallest absolute Gasteiger partial charge is 0.251 e. The van der Waals surface area contributed by atoms with Crippen LogP contribution < -0.4 is 17.0 Å². The van der Waals surface area contributed by atoms with Crippen molar-refractivity contribution < 1.29 is 4.79 Å². The first-order valence-electron chi connectivity index (χ1n) is 5.31. The van der Waals surface area contributed by atoms with Crippen LogP contribution in [0.3, 0.4) is 0 Å². The first kappa shape index (κ1) is 13.7. The number of nitrogens with two attached hydrogens (primary N) is 2. The summed E-state index contributed by atoms with van der Waals surface area (Å²) in [6.45, 7) is 2.01. The number of aryl methyl sites for hydroxylation is 1. The molecule has 7 heteroatoms. The van der Waals surface area contributed by atoms with Crippen molar-refractivity contribution in [1.29, 1.82) is 0 Å². The molecule has 1 rings (SSSR count). The second kappa shape index (κ2) is 6.41. The van der Waals surface area contributed by atoms with Crippen molar-refractivity contribution in [3.05, 3.63) is 22.1 Å². The van der Waals surface area contributed by atoms with E-state index in [1.54, 1.807) is 0 Å². The zero-order valence-corrected chi connectivity index (χ0v) is 10.4. The number of hydrogen-bond donors (Lipinski definition) is 3. The van der Waals surface area contributed by atoms with Gasteiger partial charge in [-0.3, -0.25) is 9.59 Å². The van der Waals surface area contributed by atoms with Gasteiger partial charge in [-0.05, 0) is 6.42 Å². The highest BCUT2D eigenvalue weighted by Gasteiger charge is 2.10. The molecule has 17 heavy (non-hydrogen) atoms. The molecule has 0 aliphatic heterocycles. The second-order valence-corrected chi connectivity index (χ2v) is 4.62. The number of hydrogen-bond acceptors (Lipinski definition) is 5. The van der Waals surface area contributed by atoms with Crippen LogP contribution in [0.4, 0.5) is 0 Å². The Morgan fingerprint density at radius 1 is 1.65 bits per heavy atom. The fourth-order valence-electron chi connectivity index (χ4n) is 1.19. The Balaban J connectivity index is 2.70. The minimum absolute atomic E-state index is 0.196. The molecule has 0 aliphatic carbocycles. The number of carbonyl (C=O) groups is 1. The van der Waals surface area contributed by atoms with Crippen LogP contribution >= 0.6 is 11.8 Å². The van der Waals surface area contributed by atoms with Crippen molar-refractivity contribution >= 4 is 17.7 Å². The van der Waals surface area contributed by atoms with E-state index in [4.69, 9.17) is 11.5 Å². The predicted molar refractivity (Wildman–Crippen MR) is 66.7 cm³/mol. The normalized spacial score (nSPS) is 12.4. The van der Waals surface area contributed by atoms with Gasteiger partial charge in [0.25, 0.3) is 5.56 Å². The molecule has 0 radical (unpaired) electrons. The summed E-state index contributed by atoms with van der Waals surface area (Å²) in [5.41, 5.74) is 11.1. The summed E-state index contributed by atoms with van der Waals surface area (Å²) in [6.07, 6.45) is 1.67. The third-order valence-corrected chi connectivity index (χ3v) is 3.04. The summed E-state index contributed by atoms with van der Waals surface area (Å²) in [7, 11) is 0. The fraction of sp³-hybridized carbons (Fsp3) is 0.500. The van der Waals surface area contributed by atoms with Crippen molar-refractivity contribution in [2.24, 2.45) is 11.5 Å². The van der Waals surface area contributed by atoms with E-state index in [-0.39, 0.29) is 5.56 Å². The molecule has 1 unspecified atom stereocenters. The Morgan fingerprint density at radius 2 is 2.35 bits per heavy atom. The monoisotopic (exact) mass is 256 g/mol. The molecular formula is C10H16N4O2S. The summed E-state index contributed by atoms with van der Waals surface area (Å²) in [6, 6.07) is 0.738. The van der Waals surface area contributed by atoms with Crippen molar-refractivity contribution in [3.8, 4) is 0 Å². The number of thioether (sulfide) groups is 1. The lowest BCUT2D eigenvalue weighted by Crippen LogP contribution is -2.38. The van der Waals surface area contributed by atoms with Crippen LogP contribution in [0.15, 0.2) is 16.0 Å². The molecule has 1 aromatic heterocycles. The van der Waals surface area contributed by atoms with Crippen LogP contribution in [0, 0.1) is 0 Å². The molecule has 0 aliphatic rings. The first-order chi connectivity index (χ1) is 8.02. The highest BCUT2D eigenvalue weighted by molar-refractivity contribution is 7.99.